The number of halogens is 3. The number of hydrogen-bond donors (Lipinski definition) is 2. The highest BCUT2D eigenvalue weighted by molar-refractivity contribution is 7.92. The van der Waals surface area contributed by atoms with Crippen LogP contribution >= 0.6 is 0 Å². The van der Waals surface area contributed by atoms with Crippen molar-refractivity contribution in [1.29, 1.82) is 0 Å². The summed E-state index contributed by atoms with van der Waals surface area (Å²) in [5.74, 6) is -1.74. The number of unbranched alkanes of at least 4 members (excludes halogenated alkanes) is 7. The monoisotopic (exact) mass is 556 g/mol. The minimum absolute atomic E-state index is 0.00863. The Balaban J connectivity index is 1.70. The van der Waals surface area contributed by atoms with Gasteiger partial charge in [0.05, 0.1) is 17.9 Å². The van der Waals surface area contributed by atoms with Crippen LogP contribution < -0.4 is 9.46 Å². The number of carboxylic acids is 1. The fourth-order valence-electron chi connectivity index (χ4n) is 4.04. The van der Waals surface area contributed by atoms with Crippen LogP contribution in [0.25, 0.3) is 11.3 Å². The zero-order chi connectivity index (χ0) is 27.8. The Kier molecular flexibility index (Phi) is 10.4. The fraction of sp³-hybridized carbons (Fsp3) is 0.556. The van der Waals surface area contributed by atoms with Gasteiger partial charge in [0, 0.05) is 11.3 Å². The molecule has 0 saturated heterocycles. The summed E-state index contributed by atoms with van der Waals surface area (Å²) >= 11 is 0. The molecular weight excluding hydrogens is 521 g/mol. The molecule has 1 aliphatic carbocycles. The van der Waals surface area contributed by atoms with Crippen LogP contribution in [0.1, 0.15) is 87.2 Å². The van der Waals surface area contributed by atoms with Crippen LogP contribution in [0.2, 0.25) is 0 Å². The second kappa shape index (κ2) is 13.3. The van der Waals surface area contributed by atoms with E-state index in [9.17, 15) is 31.5 Å². The number of alkyl halides is 3. The summed E-state index contributed by atoms with van der Waals surface area (Å²) in [4.78, 5) is 15.4. The van der Waals surface area contributed by atoms with Gasteiger partial charge in [-0.05, 0) is 43.4 Å². The van der Waals surface area contributed by atoms with Crippen LogP contribution in [0.5, 0.6) is 5.75 Å². The van der Waals surface area contributed by atoms with E-state index in [0.29, 0.717) is 23.7 Å². The van der Waals surface area contributed by atoms with Gasteiger partial charge in [0.25, 0.3) is 0 Å². The molecular formula is C27H35F3N2O5S. The molecule has 1 saturated carbocycles. The first-order chi connectivity index (χ1) is 18.0. The third-order valence-corrected chi connectivity index (χ3v) is 7.74. The van der Waals surface area contributed by atoms with Crippen molar-refractivity contribution in [2.45, 2.75) is 77.3 Å². The highest BCUT2D eigenvalue weighted by atomic mass is 32.2. The summed E-state index contributed by atoms with van der Waals surface area (Å²) in [5, 5.41) is 9.36. The van der Waals surface area contributed by atoms with Gasteiger partial charge in [-0.1, -0.05) is 64.0 Å². The first-order valence-electron chi connectivity index (χ1n) is 13.1. The number of hydrogen-bond acceptors (Lipinski definition) is 5. The van der Waals surface area contributed by atoms with Crippen LogP contribution in [0.15, 0.2) is 30.3 Å². The highest BCUT2D eigenvalue weighted by Gasteiger charge is 2.38. The van der Waals surface area contributed by atoms with Gasteiger partial charge in [-0.2, -0.15) is 13.2 Å². The van der Waals surface area contributed by atoms with E-state index in [0.717, 1.165) is 32.1 Å². The SMILES string of the molecule is CCCCCCCCCCS(=O)(=O)Nc1ccc(-c2nc(C(=O)O)c(C(F)(F)F)cc2OCC2CC2)cc1. The van der Waals surface area contributed by atoms with Gasteiger partial charge in [0.2, 0.25) is 10.0 Å². The highest BCUT2D eigenvalue weighted by Crippen LogP contribution is 2.39. The average molecular weight is 557 g/mol. The normalized spacial score (nSPS) is 13.9. The summed E-state index contributed by atoms with van der Waals surface area (Å²) in [5.41, 5.74) is -1.96. The summed E-state index contributed by atoms with van der Waals surface area (Å²) in [6.07, 6.45) is 5.17. The lowest BCUT2D eigenvalue weighted by molar-refractivity contribution is -0.138. The standard InChI is InChI=1S/C27H35F3N2O5S/c1-2-3-4-5-6-7-8-9-16-38(35,36)32-21-14-12-20(13-15-21)24-23(37-18-19-10-11-19)17-22(27(28,29)30)25(31-24)26(33)34/h12-15,17,19,32H,2-11,16,18H2,1H3,(H,33,34). The molecule has 1 heterocycles. The third kappa shape index (κ3) is 9.18. The van der Waals surface area contributed by atoms with E-state index in [4.69, 9.17) is 4.74 Å². The molecule has 210 valence electrons. The molecule has 1 aliphatic rings. The molecule has 0 spiro atoms. The topological polar surface area (TPSA) is 106 Å². The van der Waals surface area contributed by atoms with E-state index in [2.05, 4.69) is 16.6 Å². The van der Waals surface area contributed by atoms with Crippen molar-refractivity contribution < 1.29 is 36.2 Å². The van der Waals surface area contributed by atoms with Gasteiger partial charge in [-0.15, -0.1) is 0 Å². The molecule has 38 heavy (non-hydrogen) atoms. The van der Waals surface area contributed by atoms with Crippen LogP contribution in [0.4, 0.5) is 18.9 Å². The van der Waals surface area contributed by atoms with Crippen molar-refractivity contribution in [2.75, 3.05) is 17.1 Å². The number of nitrogens with one attached hydrogen (secondary N) is 1. The number of ether oxygens (including phenoxy) is 1. The minimum Gasteiger partial charge on any atom is -0.491 e. The van der Waals surface area contributed by atoms with Crippen molar-refractivity contribution in [3.8, 4) is 17.0 Å². The lowest BCUT2D eigenvalue weighted by Gasteiger charge is -2.16. The Bertz CT molecular complexity index is 1180. The van der Waals surface area contributed by atoms with Crippen molar-refractivity contribution in [1.82, 2.24) is 4.98 Å². The van der Waals surface area contributed by atoms with E-state index in [1.165, 1.54) is 49.9 Å². The number of aromatic carboxylic acids is 1. The first kappa shape index (κ1) is 29.7. The maximum atomic E-state index is 13.5. The van der Waals surface area contributed by atoms with Crippen molar-refractivity contribution >= 4 is 21.7 Å². The Morgan fingerprint density at radius 2 is 1.66 bits per heavy atom. The molecule has 11 heteroatoms. The third-order valence-electron chi connectivity index (χ3n) is 6.37. The molecule has 2 N–H and O–H groups in total. The predicted molar refractivity (Wildman–Crippen MR) is 140 cm³/mol. The van der Waals surface area contributed by atoms with E-state index in [1.54, 1.807) is 0 Å². The molecule has 0 atom stereocenters. The maximum Gasteiger partial charge on any atom is 0.418 e. The summed E-state index contributed by atoms with van der Waals surface area (Å²) in [6, 6.07) is 6.55. The van der Waals surface area contributed by atoms with Crippen molar-refractivity contribution in [3.63, 3.8) is 0 Å². The predicted octanol–water partition coefficient (Wildman–Crippen LogP) is 7.14. The molecule has 0 radical (unpaired) electrons. The Morgan fingerprint density at radius 1 is 1.05 bits per heavy atom. The summed E-state index contributed by atoms with van der Waals surface area (Å²) in [6.45, 7) is 2.36. The smallest absolute Gasteiger partial charge is 0.418 e. The number of benzene rings is 1. The average Bonchev–Trinajstić information content (AvgIpc) is 3.68. The van der Waals surface area contributed by atoms with Gasteiger partial charge in [-0.3, -0.25) is 4.72 Å². The van der Waals surface area contributed by atoms with E-state index in [1.807, 2.05) is 0 Å². The zero-order valence-corrected chi connectivity index (χ0v) is 22.3. The number of sulfonamides is 1. The molecule has 0 bridgehead atoms. The number of nitrogens with zero attached hydrogens (tertiary/aromatic N) is 1. The Hall–Kier alpha value is -2.82. The Morgan fingerprint density at radius 3 is 2.21 bits per heavy atom. The van der Waals surface area contributed by atoms with Gasteiger partial charge < -0.3 is 9.84 Å². The first-order valence-corrected chi connectivity index (χ1v) is 14.7. The zero-order valence-electron chi connectivity index (χ0n) is 21.5. The molecule has 1 fully saturated rings. The second-order valence-corrected chi connectivity index (χ2v) is 11.6. The molecule has 7 nitrogen and oxygen atoms in total. The molecule has 1 aromatic heterocycles. The lowest BCUT2D eigenvalue weighted by atomic mass is 10.1. The largest absolute Gasteiger partial charge is 0.491 e. The summed E-state index contributed by atoms with van der Waals surface area (Å²) in [7, 11) is -3.57. The summed E-state index contributed by atoms with van der Waals surface area (Å²) < 4.78 is 73.6. The molecule has 1 aromatic carbocycles. The minimum atomic E-state index is -4.92. The van der Waals surface area contributed by atoms with Crippen LogP contribution in [0, 0.1) is 5.92 Å². The van der Waals surface area contributed by atoms with Crippen molar-refractivity contribution in [3.05, 3.63) is 41.6 Å². The molecule has 0 unspecified atom stereocenters. The maximum absolute atomic E-state index is 13.5. The fourth-order valence-corrected chi connectivity index (χ4v) is 5.22. The Labute approximate surface area is 221 Å². The van der Waals surface area contributed by atoms with Gasteiger partial charge in [0.1, 0.15) is 11.4 Å². The molecule has 2 aromatic rings. The van der Waals surface area contributed by atoms with Crippen LogP contribution in [-0.4, -0.2) is 36.8 Å². The second-order valence-electron chi connectivity index (χ2n) is 9.76. The number of carboxylic acid groups (broad SMARTS) is 1. The lowest BCUT2D eigenvalue weighted by Crippen LogP contribution is -2.17. The van der Waals surface area contributed by atoms with E-state index in [-0.39, 0.29) is 29.7 Å². The molecule has 0 aliphatic heterocycles. The van der Waals surface area contributed by atoms with Crippen molar-refractivity contribution in [2.24, 2.45) is 5.92 Å². The van der Waals surface area contributed by atoms with Gasteiger partial charge in [0.15, 0.2) is 5.69 Å². The molecule has 3 rings (SSSR count). The number of carbonyl (C=O) groups is 1. The quantitative estimate of drug-likeness (QED) is 0.213. The van der Waals surface area contributed by atoms with Crippen LogP contribution in [0.3, 0.4) is 0 Å². The number of anilines is 1. The number of pyridine rings is 1. The molecule has 0 amide bonds. The van der Waals surface area contributed by atoms with Gasteiger partial charge >= 0.3 is 12.1 Å². The van der Waals surface area contributed by atoms with Crippen LogP contribution in [-0.2, 0) is 16.2 Å². The van der Waals surface area contributed by atoms with Gasteiger partial charge in [-0.25, -0.2) is 18.2 Å². The van der Waals surface area contributed by atoms with E-state index < -0.39 is 33.4 Å². The van der Waals surface area contributed by atoms with E-state index >= 15 is 0 Å². The number of rotatable bonds is 16. The number of aromatic nitrogens is 1.